The Morgan fingerprint density at radius 2 is 1.87 bits per heavy atom. The highest BCUT2D eigenvalue weighted by molar-refractivity contribution is 5.92. The fraction of sp³-hybridized carbons (Fsp3) is 0.407. The maximum Gasteiger partial charge on any atom is 0.573 e. The fourth-order valence-electron chi connectivity index (χ4n) is 4.88. The first-order valence-corrected chi connectivity index (χ1v) is 12.4. The first-order chi connectivity index (χ1) is 18.7. The van der Waals surface area contributed by atoms with Gasteiger partial charge in [0.25, 0.3) is 0 Å². The number of halogens is 3. The van der Waals surface area contributed by atoms with Gasteiger partial charge in [-0.05, 0) is 55.7 Å². The third-order valence-corrected chi connectivity index (χ3v) is 6.98. The number of esters is 1. The first kappa shape index (κ1) is 27.9. The number of rotatable bonds is 10. The highest BCUT2D eigenvalue weighted by atomic mass is 19.4. The van der Waals surface area contributed by atoms with E-state index in [1.807, 2.05) is 13.0 Å². The van der Waals surface area contributed by atoms with Gasteiger partial charge in [-0.3, -0.25) is 4.68 Å². The molecule has 0 saturated heterocycles. The fourth-order valence-corrected chi connectivity index (χ4v) is 4.88. The highest BCUT2D eigenvalue weighted by Crippen LogP contribution is 2.43. The molecule has 1 aliphatic carbocycles. The van der Waals surface area contributed by atoms with Crippen LogP contribution >= 0.6 is 0 Å². The Labute approximate surface area is 223 Å². The lowest BCUT2D eigenvalue weighted by atomic mass is 9.63. The smallest absolute Gasteiger partial charge is 0.493 e. The number of alkyl halides is 3. The molecule has 1 aromatic heterocycles. The zero-order valence-electron chi connectivity index (χ0n) is 21.3. The molecule has 39 heavy (non-hydrogen) atoms. The van der Waals surface area contributed by atoms with Gasteiger partial charge in [0.2, 0.25) is 0 Å². The maximum absolute atomic E-state index is 12.4. The molecular weight excluding hydrogens is 517 g/mol. The second-order valence-electron chi connectivity index (χ2n) is 9.65. The predicted molar refractivity (Wildman–Crippen MR) is 134 cm³/mol. The van der Waals surface area contributed by atoms with Crippen molar-refractivity contribution in [2.24, 2.45) is 22.4 Å². The number of carbonyl (C=O) groups is 1. The van der Waals surface area contributed by atoms with Gasteiger partial charge in [0, 0.05) is 17.3 Å². The predicted octanol–water partition coefficient (Wildman–Crippen LogP) is 5.37. The number of oxime groups is 1. The molecule has 1 N–H and O–H groups in total. The molecule has 2 aromatic carbocycles. The molecular formula is C27H29F3N4O5. The largest absolute Gasteiger partial charge is 0.573 e. The van der Waals surface area contributed by atoms with Gasteiger partial charge in [0.1, 0.15) is 24.2 Å². The van der Waals surface area contributed by atoms with E-state index in [2.05, 4.69) is 20.0 Å². The molecule has 4 rings (SSSR count). The number of hydrogen-bond donors (Lipinski definition) is 1. The first-order valence-electron chi connectivity index (χ1n) is 12.4. The molecule has 0 spiro atoms. The van der Waals surface area contributed by atoms with E-state index in [0.717, 1.165) is 0 Å². The lowest BCUT2D eigenvalue weighted by molar-refractivity contribution is -0.274. The van der Waals surface area contributed by atoms with Crippen molar-refractivity contribution in [1.82, 2.24) is 14.8 Å². The molecule has 0 aliphatic heterocycles. The maximum atomic E-state index is 12.4. The van der Waals surface area contributed by atoms with Crippen LogP contribution in [-0.2, 0) is 11.3 Å². The number of hydrogen-bond acceptors (Lipinski definition) is 8. The summed E-state index contributed by atoms with van der Waals surface area (Å²) < 4.78 is 54.3. The summed E-state index contributed by atoms with van der Waals surface area (Å²) in [5.74, 6) is -0.753. The van der Waals surface area contributed by atoms with Crippen LogP contribution in [0, 0.1) is 17.3 Å². The van der Waals surface area contributed by atoms with E-state index in [9.17, 15) is 23.2 Å². The molecule has 0 bridgehead atoms. The van der Waals surface area contributed by atoms with Crippen molar-refractivity contribution in [2.45, 2.75) is 39.1 Å². The lowest BCUT2D eigenvalue weighted by Crippen LogP contribution is -2.46. The molecule has 0 amide bonds. The zero-order chi connectivity index (χ0) is 27.9. The average Bonchev–Trinajstić information content (AvgIpc) is 3.42. The van der Waals surface area contributed by atoms with E-state index in [4.69, 9.17) is 9.47 Å². The average molecular weight is 547 g/mol. The Hall–Kier alpha value is -4.09. The molecule has 3 aromatic rings. The van der Waals surface area contributed by atoms with Crippen LogP contribution in [0.4, 0.5) is 13.2 Å². The molecule has 1 fully saturated rings. The van der Waals surface area contributed by atoms with E-state index in [0.29, 0.717) is 42.8 Å². The van der Waals surface area contributed by atoms with Crippen molar-refractivity contribution in [3.63, 3.8) is 0 Å². The van der Waals surface area contributed by atoms with Gasteiger partial charge >= 0.3 is 12.3 Å². The van der Waals surface area contributed by atoms with Crippen molar-refractivity contribution in [3.05, 3.63) is 72.8 Å². The summed E-state index contributed by atoms with van der Waals surface area (Å²) in [5.41, 5.74) is 0.452. The Morgan fingerprint density at radius 3 is 2.51 bits per heavy atom. The van der Waals surface area contributed by atoms with Crippen LogP contribution < -0.4 is 9.47 Å². The van der Waals surface area contributed by atoms with Gasteiger partial charge in [-0.1, -0.05) is 30.3 Å². The second kappa shape index (κ2) is 12.2. The van der Waals surface area contributed by atoms with E-state index in [1.54, 1.807) is 35.3 Å². The molecule has 208 valence electrons. The van der Waals surface area contributed by atoms with Gasteiger partial charge in [-0.25, -0.2) is 9.78 Å². The Kier molecular flexibility index (Phi) is 8.72. The summed E-state index contributed by atoms with van der Waals surface area (Å²) in [5, 5.41) is 18.0. The van der Waals surface area contributed by atoms with Crippen LogP contribution in [0.3, 0.4) is 0 Å². The van der Waals surface area contributed by atoms with Crippen molar-refractivity contribution in [2.75, 3.05) is 13.2 Å². The standard InChI is InChI=1S/C27H29F3N4O5/c1-26(13-14-37-25(35)19-5-3-2-4-6-19)12-11-20(23(24(26)33-36)15-34-18-31-17-32-34)16-38-21-7-9-22(10-8-21)39-27(28,29)30/h2-10,17-18,20,23,36H,11-16H2,1H3/t20-,23-,26-/m0/s1. The summed E-state index contributed by atoms with van der Waals surface area (Å²) in [6.45, 7) is 2.73. The van der Waals surface area contributed by atoms with Gasteiger partial charge in [0.05, 0.1) is 31.0 Å². The monoisotopic (exact) mass is 546 g/mol. The molecule has 0 unspecified atom stereocenters. The van der Waals surface area contributed by atoms with Gasteiger partial charge in [-0.15, -0.1) is 13.2 Å². The van der Waals surface area contributed by atoms with E-state index in [1.165, 1.54) is 30.6 Å². The minimum Gasteiger partial charge on any atom is -0.493 e. The van der Waals surface area contributed by atoms with Gasteiger partial charge in [0.15, 0.2) is 0 Å². The number of carbonyl (C=O) groups excluding carboxylic acids is 1. The summed E-state index contributed by atoms with van der Waals surface area (Å²) >= 11 is 0. The number of nitrogens with zero attached hydrogens (tertiary/aromatic N) is 4. The van der Waals surface area contributed by atoms with Crippen molar-refractivity contribution < 1.29 is 37.4 Å². The van der Waals surface area contributed by atoms with E-state index >= 15 is 0 Å². The highest BCUT2D eigenvalue weighted by Gasteiger charge is 2.45. The van der Waals surface area contributed by atoms with E-state index in [-0.39, 0.29) is 30.8 Å². The minimum absolute atomic E-state index is 0.0915. The Morgan fingerprint density at radius 1 is 1.15 bits per heavy atom. The van der Waals surface area contributed by atoms with Crippen LogP contribution in [0.25, 0.3) is 0 Å². The van der Waals surface area contributed by atoms with Crippen LogP contribution in [0.15, 0.2) is 72.4 Å². The van der Waals surface area contributed by atoms with Crippen LogP contribution in [-0.4, -0.2) is 51.2 Å². The molecule has 1 saturated carbocycles. The third-order valence-electron chi connectivity index (χ3n) is 6.98. The molecule has 1 heterocycles. The van der Waals surface area contributed by atoms with Gasteiger partial charge in [-0.2, -0.15) is 5.10 Å². The quantitative estimate of drug-likeness (QED) is 0.207. The molecule has 12 heteroatoms. The molecule has 1 aliphatic rings. The lowest BCUT2D eigenvalue weighted by Gasteiger charge is -2.43. The van der Waals surface area contributed by atoms with Crippen molar-refractivity contribution >= 4 is 11.7 Å². The summed E-state index contributed by atoms with van der Waals surface area (Å²) in [7, 11) is 0. The normalized spacial score (nSPS) is 22.4. The molecule has 3 atom stereocenters. The molecule has 0 radical (unpaired) electrons. The third kappa shape index (κ3) is 7.49. The topological polar surface area (TPSA) is 108 Å². The Balaban J connectivity index is 1.43. The minimum atomic E-state index is -4.77. The SMILES string of the molecule is C[C@@]1(CCOC(=O)c2ccccc2)CC[C@@H](COc2ccc(OC(F)(F)F)cc2)[C@H](Cn2cncn2)C1=NO. The number of aromatic nitrogens is 3. The Bertz CT molecular complexity index is 1240. The van der Waals surface area contributed by atoms with Crippen LogP contribution in [0.2, 0.25) is 0 Å². The zero-order valence-corrected chi connectivity index (χ0v) is 21.3. The molecule has 9 nitrogen and oxygen atoms in total. The van der Waals surface area contributed by atoms with Crippen LogP contribution in [0.1, 0.15) is 36.5 Å². The van der Waals surface area contributed by atoms with E-state index < -0.39 is 17.7 Å². The van der Waals surface area contributed by atoms with Crippen molar-refractivity contribution in [3.8, 4) is 11.5 Å². The number of benzene rings is 2. The second-order valence-corrected chi connectivity index (χ2v) is 9.65. The summed E-state index contributed by atoms with van der Waals surface area (Å²) in [6.07, 6.45) is 0.0156. The van der Waals surface area contributed by atoms with Gasteiger partial charge < -0.3 is 19.4 Å². The van der Waals surface area contributed by atoms with Crippen LogP contribution in [0.5, 0.6) is 11.5 Å². The summed E-state index contributed by atoms with van der Waals surface area (Å²) in [4.78, 5) is 16.4. The summed E-state index contributed by atoms with van der Waals surface area (Å²) in [6, 6.07) is 13.9. The number of ether oxygens (including phenoxy) is 3. The van der Waals surface area contributed by atoms with Crippen molar-refractivity contribution in [1.29, 1.82) is 0 Å².